The Labute approximate surface area is 218 Å². The standard InChI is InChI=1S/C26H29N7O2S.CH4/c1-36(34,35)33(17-19-5-6-19)23-4-2-3-22(14-23)31-9-11-32(12-10-31)26-24-13-20(21-15-29-30-16-21)7-8-25(24)27-18-28-26;/h2-4,7-8,13-16,18-19H,5-6,9-12,17H2,1H3,(H,29,30);1H4. The van der Waals surface area contributed by atoms with Gasteiger partial charge in [-0.05, 0) is 54.7 Å². The van der Waals surface area contributed by atoms with Crippen molar-refractivity contribution < 1.29 is 8.42 Å². The Morgan fingerprint density at radius 2 is 1.78 bits per heavy atom. The minimum Gasteiger partial charge on any atom is -0.368 e. The van der Waals surface area contributed by atoms with Crippen molar-refractivity contribution in [2.24, 2.45) is 5.92 Å². The third-order valence-corrected chi connectivity index (χ3v) is 8.19. The average molecular weight is 520 g/mol. The Hall–Kier alpha value is -3.66. The van der Waals surface area contributed by atoms with Gasteiger partial charge >= 0.3 is 0 Å². The van der Waals surface area contributed by atoms with Crippen molar-refractivity contribution in [2.45, 2.75) is 20.3 Å². The molecule has 1 aliphatic carbocycles. The van der Waals surface area contributed by atoms with E-state index in [0.717, 1.165) is 78.2 Å². The highest BCUT2D eigenvalue weighted by atomic mass is 32.2. The fourth-order valence-electron chi connectivity index (χ4n) is 4.87. The zero-order valence-corrected chi connectivity index (χ0v) is 21.0. The van der Waals surface area contributed by atoms with Crippen LogP contribution in [0.3, 0.4) is 0 Å². The van der Waals surface area contributed by atoms with Gasteiger partial charge in [-0.1, -0.05) is 19.6 Å². The quantitative estimate of drug-likeness (QED) is 0.391. The van der Waals surface area contributed by atoms with Crippen LogP contribution in [0.1, 0.15) is 20.3 Å². The van der Waals surface area contributed by atoms with Crippen LogP contribution < -0.4 is 14.1 Å². The van der Waals surface area contributed by atoms with Crippen molar-refractivity contribution in [1.29, 1.82) is 0 Å². The molecule has 6 rings (SSSR count). The van der Waals surface area contributed by atoms with Crippen LogP contribution in [0.25, 0.3) is 22.0 Å². The fourth-order valence-corrected chi connectivity index (χ4v) is 5.85. The topological polar surface area (TPSA) is 98.3 Å². The number of anilines is 3. The molecule has 37 heavy (non-hydrogen) atoms. The molecule has 0 bridgehead atoms. The van der Waals surface area contributed by atoms with Crippen molar-refractivity contribution in [3.63, 3.8) is 0 Å². The van der Waals surface area contributed by atoms with Gasteiger partial charge in [0.15, 0.2) is 0 Å². The van der Waals surface area contributed by atoms with Crippen LogP contribution in [0.2, 0.25) is 0 Å². The van der Waals surface area contributed by atoms with E-state index < -0.39 is 10.0 Å². The second-order valence-corrected chi connectivity index (χ2v) is 11.6. The van der Waals surface area contributed by atoms with Crippen molar-refractivity contribution in [3.8, 4) is 11.1 Å². The van der Waals surface area contributed by atoms with E-state index in [0.29, 0.717) is 12.5 Å². The summed E-state index contributed by atoms with van der Waals surface area (Å²) in [5.74, 6) is 1.41. The number of rotatable bonds is 7. The van der Waals surface area contributed by atoms with Gasteiger partial charge in [0, 0.05) is 55.6 Å². The maximum absolute atomic E-state index is 12.5. The van der Waals surface area contributed by atoms with E-state index in [9.17, 15) is 8.42 Å². The molecule has 0 unspecified atom stereocenters. The highest BCUT2D eigenvalue weighted by Gasteiger charge is 2.29. The first-order chi connectivity index (χ1) is 17.5. The first-order valence-electron chi connectivity index (χ1n) is 12.3. The van der Waals surface area contributed by atoms with E-state index in [2.05, 4.69) is 48.2 Å². The smallest absolute Gasteiger partial charge is 0.232 e. The molecule has 0 amide bonds. The molecule has 3 heterocycles. The predicted octanol–water partition coefficient (Wildman–Crippen LogP) is 4.16. The number of hydrogen-bond acceptors (Lipinski definition) is 7. The summed E-state index contributed by atoms with van der Waals surface area (Å²) in [6, 6.07) is 14.1. The summed E-state index contributed by atoms with van der Waals surface area (Å²) >= 11 is 0. The van der Waals surface area contributed by atoms with Crippen LogP contribution in [0, 0.1) is 5.92 Å². The molecule has 10 heteroatoms. The van der Waals surface area contributed by atoms with Gasteiger partial charge in [-0.2, -0.15) is 5.10 Å². The lowest BCUT2D eigenvalue weighted by Crippen LogP contribution is -2.47. The Kier molecular flexibility index (Phi) is 6.76. The lowest BCUT2D eigenvalue weighted by atomic mass is 10.1. The molecule has 2 aromatic carbocycles. The lowest BCUT2D eigenvalue weighted by molar-refractivity contribution is 0.594. The summed E-state index contributed by atoms with van der Waals surface area (Å²) in [5, 5.41) is 7.96. The summed E-state index contributed by atoms with van der Waals surface area (Å²) in [6.07, 6.45) is 8.83. The van der Waals surface area contributed by atoms with E-state index in [1.54, 1.807) is 10.6 Å². The second-order valence-electron chi connectivity index (χ2n) is 9.65. The van der Waals surface area contributed by atoms with Crippen LogP contribution in [0.4, 0.5) is 17.2 Å². The molecule has 9 nitrogen and oxygen atoms in total. The zero-order chi connectivity index (χ0) is 24.7. The van der Waals surface area contributed by atoms with Crippen molar-refractivity contribution in [3.05, 3.63) is 61.2 Å². The van der Waals surface area contributed by atoms with Gasteiger partial charge in [-0.3, -0.25) is 9.40 Å². The van der Waals surface area contributed by atoms with Gasteiger partial charge in [-0.15, -0.1) is 0 Å². The predicted molar refractivity (Wildman–Crippen MR) is 150 cm³/mol. The first-order valence-corrected chi connectivity index (χ1v) is 14.1. The maximum atomic E-state index is 12.5. The number of piperazine rings is 1. The molecule has 0 radical (unpaired) electrons. The number of aromatic nitrogens is 4. The fraction of sp³-hybridized carbons (Fsp3) is 0.370. The molecule has 1 aliphatic heterocycles. The van der Waals surface area contributed by atoms with E-state index in [1.165, 1.54) is 6.26 Å². The minimum absolute atomic E-state index is 0. The summed E-state index contributed by atoms with van der Waals surface area (Å²) in [4.78, 5) is 13.7. The number of benzene rings is 2. The first kappa shape index (κ1) is 25.0. The molecule has 194 valence electrons. The summed E-state index contributed by atoms with van der Waals surface area (Å²) in [6.45, 7) is 3.82. The molecule has 2 aliphatic rings. The molecule has 2 fully saturated rings. The van der Waals surface area contributed by atoms with E-state index in [4.69, 9.17) is 0 Å². The Morgan fingerprint density at radius 3 is 2.49 bits per heavy atom. The second kappa shape index (κ2) is 10.0. The Morgan fingerprint density at radius 1 is 1.00 bits per heavy atom. The van der Waals surface area contributed by atoms with Crippen LogP contribution in [-0.2, 0) is 10.0 Å². The molecule has 2 aromatic heterocycles. The van der Waals surface area contributed by atoms with Gasteiger partial charge in [0.2, 0.25) is 10.0 Å². The molecule has 0 spiro atoms. The summed E-state index contributed by atoms with van der Waals surface area (Å²) in [7, 11) is -3.32. The van der Waals surface area contributed by atoms with E-state index >= 15 is 0 Å². The van der Waals surface area contributed by atoms with Crippen molar-refractivity contribution in [1.82, 2.24) is 20.2 Å². The molecular weight excluding hydrogens is 486 g/mol. The molecule has 4 aromatic rings. The largest absolute Gasteiger partial charge is 0.368 e. The van der Waals surface area contributed by atoms with Crippen molar-refractivity contribution >= 4 is 38.1 Å². The average Bonchev–Trinajstić information content (AvgIpc) is 3.55. The van der Waals surface area contributed by atoms with Gasteiger partial charge < -0.3 is 9.80 Å². The van der Waals surface area contributed by atoms with Gasteiger partial charge in [0.25, 0.3) is 0 Å². The normalized spacial score (nSPS) is 16.0. The number of aromatic amines is 1. The van der Waals surface area contributed by atoms with Crippen LogP contribution in [0.5, 0.6) is 0 Å². The highest BCUT2D eigenvalue weighted by Crippen LogP contribution is 2.34. The third kappa shape index (κ3) is 5.24. The third-order valence-electron chi connectivity index (χ3n) is 7.03. The number of fused-ring (bicyclic) bond motifs is 1. The highest BCUT2D eigenvalue weighted by molar-refractivity contribution is 7.92. The monoisotopic (exact) mass is 519 g/mol. The Bertz CT molecular complexity index is 1480. The SMILES string of the molecule is C.CS(=O)(=O)N(CC1CC1)c1cccc(N2CCN(c3ncnc4ccc(-c5cn[nH]c5)cc34)CC2)c1. The van der Waals surface area contributed by atoms with E-state index in [1.807, 2.05) is 36.7 Å². The summed E-state index contributed by atoms with van der Waals surface area (Å²) < 4.78 is 26.5. The summed E-state index contributed by atoms with van der Waals surface area (Å²) in [5.41, 5.74) is 4.81. The molecule has 1 saturated carbocycles. The number of nitrogens with zero attached hydrogens (tertiary/aromatic N) is 6. The lowest BCUT2D eigenvalue weighted by Gasteiger charge is -2.37. The number of hydrogen-bond donors (Lipinski definition) is 1. The zero-order valence-electron chi connectivity index (χ0n) is 20.2. The van der Waals surface area contributed by atoms with E-state index in [-0.39, 0.29) is 7.43 Å². The van der Waals surface area contributed by atoms with Crippen LogP contribution in [-0.4, -0.2) is 67.6 Å². The molecule has 1 saturated heterocycles. The molecular formula is C27H33N7O2S. The van der Waals surface area contributed by atoms with Crippen molar-refractivity contribution in [2.75, 3.05) is 53.1 Å². The number of sulfonamides is 1. The maximum Gasteiger partial charge on any atom is 0.232 e. The van der Waals surface area contributed by atoms with Gasteiger partial charge in [0.05, 0.1) is 23.7 Å². The number of nitrogens with one attached hydrogen (secondary N) is 1. The van der Waals surface area contributed by atoms with Gasteiger partial charge in [0.1, 0.15) is 12.1 Å². The Balaban J connectivity index is 0.00000280. The van der Waals surface area contributed by atoms with Gasteiger partial charge in [-0.25, -0.2) is 18.4 Å². The molecule has 1 N–H and O–H groups in total. The number of H-pyrrole nitrogens is 1. The molecule has 0 atom stereocenters. The van der Waals surface area contributed by atoms with Crippen LogP contribution in [0.15, 0.2) is 61.2 Å². The minimum atomic E-state index is -3.32. The van der Waals surface area contributed by atoms with Crippen LogP contribution >= 0.6 is 0 Å².